The Morgan fingerprint density at radius 2 is 2.29 bits per heavy atom. The van der Waals surface area contributed by atoms with Crippen molar-refractivity contribution in [1.29, 1.82) is 0 Å². The Balaban J connectivity index is 1.67. The molecule has 0 atom stereocenters. The van der Waals surface area contributed by atoms with Crippen LogP contribution < -0.4 is 5.56 Å². The van der Waals surface area contributed by atoms with Gasteiger partial charge >= 0.3 is 0 Å². The predicted molar refractivity (Wildman–Crippen MR) is 87.4 cm³/mol. The van der Waals surface area contributed by atoms with Crippen LogP contribution in [0.25, 0.3) is 20.7 Å². The van der Waals surface area contributed by atoms with Crippen LogP contribution in [-0.4, -0.2) is 44.1 Å². The lowest BCUT2D eigenvalue weighted by Gasteiger charge is -2.14. The van der Waals surface area contributed by atoms with Gasteiger partial charge in [0.1, 0.15) is 10.5 Å². The zero-order chi connectivity index (χ0) is 16.9. The lowest BCUT2D eigenvalue weighted by atomic mass is 10.2. The van der Waals surface area contributed by atoms with Crippen molar-refractivity contribution in [2.45, 2.75) is 25.8 Å². The van der Waals surface area contributed by atoms with Gasteiger partial charge in [-0.15, -0.1) is 11.3 Å². The molecule has 0 aromatic carbocycles. The van der Waals surface area contributed by atoms with Gasteiger partial charge in [-0.2, -0.15) is 5.10 Å². The number of aryl methyl sites for hydroxylation is 1. The van der Waals surface area contributed by atoms with Crippen molar-refractivity contribution >= 4 is 21.6 Å². The quantitative estimate of drug-likeness (QED) is 0.760. The summed E-state index contributed by atoms with van der Waals surface area (Å²) in [4.78, 5) is 22.0. The molecule has 1 aliphatic heterocycles. The summed E-state index contributed by atoms with van der Waals surface area (Å²) in [6.07, 6.45) is 1.56. The first-order valence-corrected chi connectivity index (χ1v) is 8.36. The molecule has 2 N–H and O–H groups in total. The monoisotopic (exact) mass is 351 g/mol. The van der Waals surface area contributed by atoms with Gasteiger partial charge in [0.05, 0.1) is 24.8 Å². The van der Waals surface area contributed by atoms with Crippen LogP contribution in [0.2, 0.25) is 0 Å². The van der Waals surface area contributed by atoms with Gasteiger partial charge in [-0.25, -0.2) is 13.8 Å². The Labute approximate surface area is 139 Å². The van der Waals surface area contributed by atoms with Crippen LogP contribution in [0.5, 0.6) is 0 Å². The predicted octanol–water partition coefficient (Wildman–Crippen LogP) is 2.52. The Morgan fingerprint density at radius 1 is 1.46 bits per heavy atom. The topological polar surface area (TPSA) is 77.7 Å². The van der Waals surface area contributed by atoms with Gasteiger partial charge in [-0.05, 0) is 13.0 Å². The van der Waals surface area contributed by atoms with E-state index in [2.05, 4.69) is 20.2 Å². The highest BCUT2D eigenvalue weighted by Crippen LogP contribution is 2.32. The minimum absolute atomic E-state index is 0.151. The number of fused-ring (bicyclic) bond motifs is 1. The average molecular weight is 351 g/mol. The largest absolute Gasteiger partial charge is 0.308 e. The van der Waals surface area contributed by atoms with Gasteiger partial charge in [0.2, 0.25) is 0 Å². The smallest absolute Gasteiger partial charge is 0.268 e. The van der Waals surface area contributed by atoms with E-state index in [9.17, 15) is 13.6 Å². The molecule has 0 bridgehead atoms. The summed E-state index contributed by atoms with van der Waals surface area (Å²) >= 11 is 1.35. The summed E-state index contributed by atoms with van der Waals surface area (Å²) in [5.41, 5.74) is 2.19. The molecule has 1 aliphatic rings. The van der Waals surface area contributed by atoms with E-state index in [0.717, 1.165) is 16.1 Å². The number of aromatic amines is 2. The number of halogens is 2. The molecule has 0 radical (unpaired) electrons. The summed E-state index contributed by atoms with van der Waals surface area (Å²) in [6, 6.07) is 1.84. The summed E-state index contributed by atoms with van der Waals surface area (Å²) in [5.74, 6) is -2.24. The van der Waals surface area contributed by atoms with E-state index in [1.165, 1.54) is 11.3 Å². The molecule has 1 fully saturated rings. The SMILES string of the molecule is Cc1[nH]ncc1-c1cc2nc(CN3CCC(F)(F)C3)[nH]c(=O)c2s1. The molecule has 24 heavy (non-hydrogen) atoms. The molecular weight excluding hydrogens is 336 g/mol. The highest BCUT2D eigenvalue weighted by Gasteiger charge is 2.38. The number of H-pyrrole nitrogens is 2. The molecule has 4 heterocycles. The molecule has 3 aromatic rings. The first kappa shape index (κ1) is 15.4. The van der Waals surface area contributed by atoms with Crippen molar-refractivity contribution in [2.24, 2.45) is 0 Å². The lowest BCUT2D eigenvalue weighted by Crippen LogP contribution is -2.26. The van der Waals surface area contributed by atoms with Gasteiger partial charge in [0.15, 0.2) is 0 Å². The first-order valence-electron chi connectivity index (χ1n) is 7.54. The molecule has 3 aromatic heterocycles. The molecule has 6 nitrogen and oxygen atoms in total. The number of hydrogen-bond acceptors (Lipinski definition) is 5. The average Bonchev–Trinajstić information content (AvgIpc) is 3.18. The Bertz CT molecular complexity index is 960. The van der Waals surface area contributed by atoms with Crippen molar-refractivity contribution in [3.63, 3.8) is 0 Å². The number of nitrogens with one attached hydrogen (secondary N) is 2. The van der Waals surface area contributed by atoms with Crippen LogP contribution in [0, 0.1) is 6.92 Å². The maximum absolute atomic E-state index is 13.3. The molecule has 0 saturated carbocycles. The van der Waals surface area contributed by atoms with Crippen molar-refractivity contribution in [1.82, 2.24) is 25.1 Å². The number of hydrogen-bond donors (Lipinski definition) is 2. The third kappa shape index (κ3) is 2.73. The van der Waals surface area contributed by atoms with Crippen LogP contribution in [0.3, 0.4) is 0 Å². The van der Waals surface area contributed by atoms with Crippen molar-refractivity contribution in [3.05, 3.63) is 34.1 Å². The Kier molecular flexibility index (Phi) is 3.50. The summed E-state index contributed by atoms with van der Waals surface area (Å²) < 4.78 is 27.1. The van der Waals surface area contributed by atoms with Crippen molar-refractivity contribution in [2.75, 3.05) is 13.1 Å². The lowest BCUT2D eigenvalue weighted by molar-refractivity contribution is 0.0113. The molecule has 126 valence electrons. The van der Waals surface area contributed by atoms with E-state index in [4.69, 9.17) is 0 Å². The summed E-state index contributed by atoms with van der Waals surface area (Å²) in [5, 5.41) is 6.85. The number of rotatable bonds is 3. The molecule has 0 amide bonds. The van der Waals surface area contributed by atoms with Crippen LogP contribution in [0.4, 0.5) is 8.78 Å². The van der Waals surface area contributed by atoms with Gasteiger partial charge in [0.25, 0.3) is 11.5 Å². The van der Waals surface area contributed by atoms with Gasteiger partial charge in [-0.1, -0.05) is 0 Å². The summed E-state index contributed by atoms with van der Waals surface area (Å²) in [7, 11) is 0. The fraction of sp³-hybridized carbons (Fsp3) is 0.400. The standard InChI is InChI=1S/C15H15F2N5OS/c1-8-9(5-18-21-8)11-4-10-13(24-11)14(23)20-12(19-10)6-22-3-2-15(16,17)7-22/h4-5H,2-3,6-7H2,1H3,(H,18,21)(H,19,20,23). The second kappa shape index (κ2) is 5.45. The number of nitrogens with zero attached hydrogens (tertiary/aromatic N) is 3. The normalized spacial score (nSPS) is 17.8. The molecule has 1 saturated heterocycles. The summed E-state index contributed by atoms with van der Waals surface area (Å²) in [6.45, 7) is 2.13. The number of thiophene rings is 1. The first-order chi connectivity index (χ1) is 11.4. The number of likely N-dealkylation sites (tertiary alicyclic amines) is 1. The van der Waals surface area contributed by atoms with Crippen LogP contribution in [-0.2, 0) is 6.54 Å². The third-order valence-electron chi connectivity index (χ3n) is 4.15. The number of aromatic nitrogens is 4. The highest BCUT2D eigenvalue weighted by atomic mass is 32.1. The zero-order valence-corrected chi connectivity index (χ0v) is 13.7. The van der Waals surface area contributed by atoms with Gasteiger partial charge in [0, 0.05) is 29.1 Å². The van der Waals surface area contributed by atoms with Crippen LogP contribution in [0.15, 0.2) is 17.1 Å². The molecule has 9 heteroatoms. The Hall–Kier alpha value is -2.13. The molecule has 0 spiro atoms. The highest BCUT2D eigenvalue weighted by molar-refractivity contribution is 7.22. The zero-order valence-electron chi connectivity index (χ0n) is 12.9. The van der Waals surface area contributed by atoms with E-state index in [1.807, 2.05) is 13.0 Å². The second-order valence-corrected chi connectivity index (χ2v) is 7.12. The second-order valence-electron chi connectivity index (χ2n) is 6.06. The van der Waals surface area contributed by atoms with Crippen LogP contribution >= 0.6 is 11.3 Å². The third-order valence-corrected chi connectivity index (χ3v) is 5.31. The minimum Gasteiger partial charge on any atom is -0.308 e. The van der Waals surface area contributed by atoms with E-state index < -0.39 is 5.92 Å². The Morgan fingerprint density at radius 3 is 2.96 bits per heavy atom. The van der Waals surface area contributed by atoms with E-state index in [1.54, 1.807) is 11.1 Å². The molecule has 0 aliphatic carbocycles. The van der Waals surface area contributed by atoms with Crippen molar-refractivity contribution in [3.8, 4) is 10.4 Å². The van der Waals surface area contributed by atoms with E-state index in [-0.39, 0.29) is 25.1 Å². The van der Waals surface area contributed by atoms with E-state index >= 15 is 0 Å². The molecule has 0 unspecified atom stereocenters. The maximum atomic E-state index is 13.3. The number of alkyl halides is 2. The minimum atomic E-state index is -2.65. The van der Waals surface area contributed by atoms with E-state index in [0.29, 0.717) is 22.6 Å². The maximum Gasteiger partial charge on any atom is 0.268 e. The molecule has 4 rings (SSSR count). The van der Waals surface area contributed by atoms with Crippen LogP contribution in [0.1, 0.15) is 17.9 Å². The fourth-order valence-corrected chi connectivity index (χ4v) is 4.01. The van der Waals surface area contributed by atoms with Gasteiger partial charge in [-0.3, -0.25) is 14.8 Å². The van der Waals surface area contributed by atoms with Gasteiger partial charge < -0.3 is 4.98 Å². The van der Waals surface area contributed by atoms with Crippen molar-refractivity contribution < 1.29 is 8.78 Å². The molecular formula is C15H15F2N5OS. The fourth-order valence-electron chi connectivity index (χ4n) is 2.95.